The second-order valence-corrected chi connectivity index (χ2v) is 5.91. The average Bonchev–Trinajstić information content (AvgIpc) is 3.36. The van der Waals surface area contributed by atoms with Gasteiger partial charge in [-0.05, 0) is 49.2 Å². The van der Waals surface area contributed by atoms with Crippen molar-refractivity contribution in [1.29, 1.82) is 0 Å². The lowest BCUT2D eigenvalue weighted by molar-refractivity contribution is 0.102. The fourth-order valence-electron chi connectivity index (χ4n) is 2.99. The van der Waals surface area contributed by atoms with Gasteiger partial charge in [0.1, 0.15) is 18.5 Å². The molecule has 2 aromatic heterocycles. The fourth-order valence-corrected chi connectivity index (χ4v) is 2.99. The first-order chi connectivity index (χ1) is 12.3. The molecular formula is C18H18N6O. The molecule has 4 rings (SSSR count). The van der Waals surface area contributed by atoms with Crippen LogP contribution in [0.25, 0.3) is 5.69 Å². The first-order valence-corrected chi connectivity index (χ1v) is 8.28. The van der Waals surface area contributed by atoms with Crippen LogP contribution in [0.2, 0.25) is 0 Å². The van der Waals surface area contributed by atoms with E-state index in [0.717, 1.165) is 43.1 Å². The highest BCUT2D eigenvalue weighted by atomic mass is 16.1. The Bertz CT molecular complexity index is 854. The van der Waals surface area contributed by atoms with Crippen molar-refractivity contribution < 1.29 is 4.79 Å². The molecule has 0 aliphatic carbocycles. The molecule has 1 aromatic carbocycles. The predicted molar refractivity (Wildman–Crippen MR) is 95.0 cm³/mol. The molecule has 0 unspecified atom stereocenters. The standard InChI is InChI=1S/C18H18N6O/c25-18(16-4-3-9-20-17(16)23-10-1-2-11-23)22-14-5-7-15(8-6-14)24-13-19-12-21-24/h3-9,12-13H,1-2,10-11H2,(H,22,25). The Hall–Kier alpha value is -3.22. The van der Waals surface area contributed by atoms with E-state index in [0.29, 0.717) is 5.56 Å². The number of carbonyl (C=O) groups excluding carboxylic acids is 1. The molecule has 1 aliphatic rings. The summed E-state index contributed by atoms with van der Waals surface area (Å²) in [5, 5.41) is 7.03. The Kier molecular flexibility index (Phi) is 4.12. The van der Waals surface area contributed by atoms with Gasteiger partial charge in [-0.3, -0.25) is 4.79 Å². The summed E-state index contributed by atoms with van der Waals surface area (Å²) in [6.07, 6.45) is 7.13. The van der Waals surface area contributed by atoms with E-state index in [-0.39, 0.29) is 5.91 Å². The Morgan fingerprint density at radius 2 is 1.88 bits per heavy atom. The van der Waals surface area contributed by atoms with Crippen molar-refractivity contribution in [2.75, 3.05) is 23.3 Å². The summed E-state index contributed by atoms with van der Waals surface area (Å²) < 4.78 is 1.66. The highest BCUT2D eigenvalue weighted by molar-refractivity contribution is 6.07. The molecule has 1 amide bonds. The van der Waals surface area contributed by atoms with Gasteiger partial charge in [-0.1, -0.05) is 0 Å². The number of amides is 1. The van der Waals surface area contributed by atoms with Gasteiger partial charge in [-0.2, -0.15) is 5.10 Å². The van der Waals surface area contributed by atoms with Crippen LogP contribution >= 0.6 is 0 Å². The predicted octanol–water partition coefficient (Wildman–Crippen LogP) is 2.51. The minimum absolute atomic E-state index is 0.150. The summed E-state index contributed by atoms with van der Waals surface area (Å²) >= 11 is 0. The van der Waals surface area contributed by atoms with Gasteiger partial charge in [0.25, 0.3) is 5.91 Å². The second kappa shape index (κ2) is 6.72. The lowest BCUT2D eigenvalue weighted by atomic mass is 10.2. The van der Waals surface area contributed by atoms with Gasteiger partial charge >= 0.3 is 0 Å². The summed E-state index contributed by atoms with van der Waals surface area (Å²) in [4.78, 5) is 23.2. The van der Waals surface area contributed by atoms with Crippen LogP contribution in [-0.4, -0.2) is 38.7 Å². The summed E-state index contributed by atoms with van der Waals surface area (Å²) in [7, 11) is 0. The van der Waals surface area contributed by atoms with Gasteiger partial charge in [0.05, 0.1) is 11.3 Å². The van der Waals surface area contributed by atoms with Crippen LogP contribution in [0.1, 0.15) is 23.2 Å². The van der Waals surface area contributed by atoms with Crippen LogP contribution in [0.5, 0.6) is 0 Å². The van der Waals surface area contributed by atoms with E-state index in [1.165, 1.54) is 6.33 Å². The first-order valence-electron chi connectivity index (χ1n) is 8.28. The zero-order valence-corrected chi connectivity index (χ0v) is 13.7. The van der Waals surface area contributed by atoms with Crippen molar-refractivity contribution in [3.05, 3.63) is 60.8 Å². The lowest BCUT2D eigenvalue weighted by Gasteiger charge is -2.19. The molecule has 0 saturated carbocycles. The maximum Gasteiger partial charge on any atom is 0.259 e. The Morgan fingerprint density at radius 1 is 1.08 bits per heavy atom. The van der Waals surface area contributed by atoms with Gasteiger partial charge < -0.3 is 10.2 Å². The largest absolute Gasteiger partial charge is 0.356 e. The number of anilines is 2. The second-order valence-electron chi connectivity index (χ2n) is 5.91. The number of benzene rings is 1. The summed E-state index contributed by atoms with van der Waals surface area (Å²) in [5.74, 6) is 0.611. The summed E-state index contributed by atoms with van der Waals surface area (Å²) in [5.41, 5.74) is 2.21. The molecule has 7 heteroatoms. The van der Waals surface area contributed by atoms with E-state index in [1.807, 2.05) is 30.3 Å². The van der Waals surface area contributed by atoms with Gasteiger partial charge in [0, 0.05) is 25.0 Å². The maximum absolute atomic E-state index is 12.7. The molecule has 7 nitrogen and oxygen atoms in total. The number of aromatic nitrogens is 4. The van der Waals surface area contributed by atoms with Crippen molar-refractivity contribution in [1.82, 2.24) is 19.7 Å². The van der Waals surface area contributed by atoms with Crippen molar-refractivity contribution in [2.45, 2.75) is 12.8 Å². The molecule has 1 N–H and O–H groups in total. The molecule has 1 saturated heterocycles. The molecule has 3 aromatic rings. The van der Waals surface area contributed by atoms with Gasteiger partial charge in [-0.15, -0.1) is 0 Å². The first kappa shape index (κ1) is 15.3. The van der Waals surface area contributed by atoms with Crippen LogP contribution in [0.4, 0.5) is 11.5 Å². The van der Waals surface area contributed by atoms with Gasteiger partial charge in [0.15, 0.2) is 0 Å². The van der Waals surface area contributed by atoms with E-state index >= 15 is 0 Å². The van der Waals surface area contributed by atoms with Crippen LogP contribution < -0.4 is 10.2 Å². The third-order valence-corrected chi connectivity index (χ3v) is 4.25. The minimum atomic E-state index is -0.150. The Morgan fingerprint density at radius 3 is 2.60 bits per heavy atom. The van der Waals surface area contributed by atoms with Crippen LogP contribution in [0.15, 0.2) is 55.2 Å². The smallest absolute Gasteiger partial charge is 0.259 e. The zero-order valence-electron chi connectivity index (χ0n) is 13.7. The van der Waals surface area contributed by atoms with Crippen LogP contribution in [0, 0.1) is 0 Å². The van der Waals surface area contributed by atoms with Gasteiger partial charge in [0.2, 0.25) is 0 Å². The van der Waals surface area contributed by atoms with E-state index < -0.39 is 0 Å². The number of hydrogen-bond donors (Lipinski definition) is 1. The minimum Gasteiger partial charge on any atom is -0.356 e. The van der Waals surface area contributed by atoms with E-state index in [1.54, 1.807) is 23.3 Å². The molecule has 25 heavy (non-hydrogen) atoms. The molecule has 0 radical (unpaired) electrons. The number of nitrogens with zero attached hydrogens (tertiary/aromatic N) is 5. The topological polar surface area (TPSA) is 75.9 Å². The monoisotopic (exact) mass is 334 g/mol. The zero-order chi connectivity index (χ0) is 17.1. The van der Waals surface area contributed by atoms with E-state index in [4.69, 9.17) is 0 Å². The fraction of sp³-hybridized carbons (Fsp3) is 0.222. The quantitative estimate of drug-likeness (QED) is 0.793. The molecule has 3 heterocycles. The molecule has 126 valence electrons. The maximum atomic E-state index is 12.7. The lowest BCUT2D eigenvalue weighted by Crippen LogP contribution is -2.24. The highest BCUT2D eigenvalue weighted by Crippen LogP contribution is 2.23. The van der Waals surface area contributed by atoms with Crippen molar-refractivity contribution in [3.8, 4) is 5.69 Å². The number of hydrogen-bond acceptors (Lipinski definition) is 5. The Balaban J connectivity index is 1.52. The highest BCUT2D eigenvalue weighted by Gasteiger charge is 2.20. The number of pyridine rings is 1. The number of carbonyl (C=O) groups is 1. The third kappa shape index (κ3) is 3.21. The van der Waals surface area contributed by atoms with E-state index in [9.17, 15) is 4.79 Å². The van der Waals surface area contributed by atoms with Crippen molar-refractivity contribution in [3.63, 3.8) is 0 Å². The molecular weight excluding hydrogens is 316 g/mol. The van der Waals surface area contributed by atoms with Crippen LogP contribution in [0.3, 0.4) is 0 Å². The van der Waals surface area contributed by atoms with Crippen molar-refractivity contribution in [2.24, 2.45) is 0 Å². The molecule has 0 spiro atoms. The third-order valence-electron chi connectivity index (χ3n) is 4.25. The molecule has 1 aliphatic heterocycles. The number of rotatable bonds is 4. The molecule has 1 fully saturated rings. The average molecular weight is 334 g/mol. The number of nitrogens with one attached hydrogen (secondary N) is 1. The van der Waals surface area contributed by atoms with Gasteiger partial charge in [-0.25, -0.2) is 14.6 Å². The normalized spacial score (nSPS) is 13.8. The molecule has 0 bridgehead atoms. The molecule has 0 atom stereocenters. The van der Waals surface area contributed by atoms with Crippen molar-refractivity contribution >= 4 is 17.4 Å². The van der Waals surface area contributed by atoms with E-state index in [2.05, 4.69) is 25.3 Å². The SMILES string of the molecule is O=C(Nc1ccc(-n2cncn2)cc1)c1cccnc1N1CCCC1. The summed E-state index contributed by atoms with van der Waals surface area (Å²) in [6, 6.07) is 11.1. The van der Waals surface area contributed by atoms with Crippen LogP contribution in [-0.2, 0) is 0 Å². The Labute approximate surface area is 145 Å². The summed E-state index contributed by atoms with van der Waals surface area (Å²) in [6.45, 7) is 1.90.